The maximum Gasteiger partial charge on any atom is 0.416 e. The number of carbonyl (C=O) groups excluding carboxylic acids is 1. The number of ether oxygens (including phenoxy) is 2. The van der Waals surface area contributed by atoms with Gasteiger partial charge in [-0.3, -0.25) is 9.36 Å². The fourth-order valence-corrected chi connectivity index (χ4v) is 5.58. The lowest BCUT2D eigenvalue weighted by Crippen LogP contribution is -2.48. The smallest absolute Gasteiger partial charge is 0.416 e. The Balaban J connectivity index is 1.55. The lowest BCUT2D eigenvalue weighted by molar-refractivity contribution is -0.139. The molecule has 13 heteroatoms. The van der Waals surface area contributed by atoms with E-state index in [1.54, 1.807) is 4.90 Å². The number of halogens is 3. The number of aromatic carboxylic acids is 1. The zero-order chi connectivity index (χ0) is 26.5. The van der Waals surface area contributed by atoms with E-state index < -0.39 is 52.7 Å². The van der Waals surface area contributed by atoms with Crippen molar-refractivity contribution in [3.8, 4) is 0 Å². The molecule has 1 saturated carbocycles. The van der Waals surface area contributed by atoms with Crippen molar-refractivity contribution in [2.75, 3.05) is 19.8 Å². The Bertz CT molecular complexity index is 1360. The summed E-state index contributed by atoms with van der Waals surface area (Å²) in [4.78, 5) is 52.2. The van der Waals surface area contributed by atoms with E-state index in [9.17, 15) is 37.5 Å². The van der Waals surface area contributed by atoms with Gasteiger partial charge >= 0.3 is 23.9 Å². The van der Waals surface area contributed by atoms with Gasteiger partial charge in [-0.05, 0) is 42.9 Å². The highest BCUT2D eigenvalue weighted by molar-refractivity contribution is 5.86. The summed E-state index contributed by atoms with van der Waals surface area (Å²) in [7, 11) is 0. The number of cyclic esters (lactones) is 1. The summed E-state index contributed by atoms with van der Waals surface area (Å²) < 4.78 is 53.1. The molecule has 1 unspecified atom stereocenters. The van der Waals surface area contributed by atoms with Gasteiger partial charge in [0.05, 0.1) is 31.4 Å². The fraction of sp³-hybridized carbons (Fsp3) is 0.500. The van der Waals surface area contributed by atoms with Crippen LogP contribution < -0.4 is 11.2 Å². The Kier molecular flexibility index (Phi) is 6.34. The van der Waals surface area contributed by atoms with Gasteiger partial charge in [0.25, 0.3) is 5.56 Å². The first-order chi connectivity index (χ1) is 17.6. The van der Waals surface area contributed by atoms with Crippen molar-refractivity contribution >= 4 is 12.1 Å². The van der Waals surface area contributed by atoms with E-state index in [-0.39, 0.29) is 30.4 Å². The molecule has 1 aromatic heterocycles. The molecule has 198 valence electrons. The number of aromatic nitrogens is 2. The molecule has 2 aliphatic heterocycles. The summed E-state index contributed by atoms with van der Waals surface area (Å²) in [5, 5.41) is 9.70. The topological polar surface area (TPSA) is 120 Å². The zero-order valence-electron chi connectivity index (χ0n) is 19.6. The van der Waals surface area contributed by atoms with E-state index in [2.05, 4.69) is 0 Å². The predicted octanol–water partition coefficient (Wildman–Crippen LogP) is 2.78. The van der Waals surface area contributed by atoms with Crippen molar-refractivity contribution in [3.63, 3.8) is 0 Å². The molecule has 1 aliphatic carbocycles. The summed E-state index contributed by atoms with van der Waals surface area (Å²) >= 11 is 0. The highest BCUT2D eigenvalue weighted by Gasteiger charge is 2.39. The van der Waals surface area contributed by atoms with Gasteiger partial charge in [-0.25, -0.2) is 19.0 Å². The number of amides is 1. The zero-order valence-corrected chi connectivity index (χ0v) is 19.6. The molecule has 5 rings (SSSR count). The van der Waals surface area contributed by atoms with Crippen molar-refractivity contribution in [3.05, 3.63) is 67.5 Å². The van der Waals surface area contributed by atoms with Crippen molar-refractivity contribution in [1.82, 2.24) is 14.0 Å². The van der Waals surface area contributed by atoms with Crippen molar-refractivity contribution in [2.45, 2.75) is 56.6 Å². The Morgan fingerprint density at radius 1 is 1.05 bits per heavy atom. The lowest BCUT2D eigenvalue weighted by atomic mass is 9.90. The van der Waals surface area contributed by atoms with Crippen molar-refractivity contribution in [2.24, 2.45) is 0 Å². The normalized spacial score (nSPS) is 24.0. The first kappa shape index (κ1) is 25.1. The number of alkyl halides is 3. The standard InChI is InChI=1S/C24H24F3N3O7/c25-24(26,27)18-3-1-2-15-17(18)11-36-12-19(15)30-20(31)16(21(32)33)10-29(22(30)34)14-6-4-13(5-7-14)28-8-9-37-23(28)35/h1-3,10,13-14,19H,4-9,11-12H2,(H,32,33)/t13-,14-,19?. The number of carboxylic acids is 1. The van der Waals surface area contributed by atoms with Gasteiger partial charge < -0.3 is 19.5 Å². The summed E-state index contributed by atoms with van der Waals surface area (Å²) in [5.74, 6) is -1.55. The third kappa shape index (κ3) is 4.41. The summed E-state index contributed by atoms with van der Waals surface area (Å²) in [6.45, 7) is 0.164. The van der Waals surface area contributed by atoms with Crippen molar-refractivity contribution < 1.29 is 37.3 Å². The van der Waals surface area contributed by atoms with Crippen molar-refractivity contribution in [1.29, 1.82) is 0 Å². The van der Waals surface area contributed by atoms with Crippen LogP contribution in [-0.4, -0.2) is 57.0 Å². The largest absolute Gasteiger partial charge is 0.477 e. The molecular formula is C24H24F3N3O7. The predicted molar refractivity (Wildman–Crippen MR) is 121 cm³/mol. The monoisotopic (exact) mass is 523 g/mol. The SMILES string of the molecule is O=C(O)c1cn([C@H]2CC[C@H](N3CCOC3=O)CC2)c(=O)n(C2COCc3c2cccc3C(F)(F)F)c1=O. The summed E-state index contributed by atoms with van der Waals surface area (Å²) in [6.07, 6.45) is -2.11. The van der Waals surface area contributed by atoms with Gasteiger partial charge in [-0.1, -0.05) is 12.1 Å². The maximum atomic E-state index is 13.6. The Labute approximate surface area is 207 Å². The second-order valence-corrected chi connectivity index (χ2v) is 9.39. The van der Waals surface area contributed by atoms with Crippen LogP contribution in [0.3, 0.4) is 0 Å². The minimum atomic E-state index is -4.68. The van der Waals surface area contributed by atoms with E-state index in [0.29, 0.717) is 43.4 Å². The minimum absolute atomic E-state index is 0.0776. The quantitative estimate of drug-likeness (QED) is 0.655. The Hall–Kier alpha value is -3.61. The number of nitrogens with zero attached hydrogens (tertiary/aromatic N) is 3. The average molecular weight is 523 g/mol. The first-order valence-corrected chi connectivity index (χ1v) is 11.9. The molecule has 1 saturated heterocycles. The highest BCUT2D eigenvalue weighted by atomic mass is 19.4. The molecule has 0 spiro atoms. The summed E-state index contributed by atoms with van der Waals surface area (Å²) in [6, 6.07) is 1.71. The average Bonchev–Trinajstić information content (AvgIpc) is 3.29. The van der Waals surface area contributed by atoms with E-state index in [1.165, 1.54) is 16.7 Å². The number of hydrogen-bond acceptors (Lipinski definition) is 6. The van der Waals surface area contributed by atoms with Crippen LogP contribution in [0.5, 0.6) is 0 Å². The minimum Gasteiger partial charge on any atom is -0.477 e. The third-order valence-electron chi connectivity index (χ3n) is 7.38. The first-order valence-electron chi connectivity index (χ1n) is 11.9. The molecule has 2 fully saturated rings. The van der Waals surface area contributed by atoms with Crippen LogP contribution in [0.1, 0.15) is 64.8 Å². The van der Waals surface area contributed by atoms with Crippen LogP contribution in [0.25, 0.3) is 0 Å². The number of carboxylic acid groups (broad SMARTS) is 1. The molecule has 3 aliphatic rings. The second kappa shape index (κ2) is 9.36. The van der Waals surface area contributed by atoms with Crippen LogP contribution in [0, 0.1) is 0 Å². The van der Waals surface area contributed by atoms with E-state index in [4.69, 9.17) is 9.47 Å². The van der Waals surface area contributed by atoms with Crippen LogP contribution in [0.4, 0.5) is 18.0 Å². The fourth-order valence-electron chi connectivity index (χ4n) is 5.58. The molecule has 10 nitrogen and oxygen atoms in total. The number of benzene rings is 1. The lowest BCUT2D eigenvalue weighted by Gasteiger charge is -2.34. The molecule has 2 aromatic rings. The van der Waals surface area contributed by atoms with Crippen LogP contribution in [0.2, 0.25) is 0 Å². The molecule has 1 aromatic carbocycles. The molecule has 1 N–H and O–H groups in total. The van der Waals surface area contributed by atoms with E-state index >= 15 is 0 Å². The molecule has 37 heavy (non-hydrogen) atoms. The van der Waals surface area contributed by atoms with Gasteiger partial charge in [0.15, 0.2) is 0 Å². The number of carbonyl (C=O) groups is 2. The van der Waals surface area contributed by atoms with E-state index in [0.717, 1.165) is 12.3 Å². The third-order valence-corrected chi connectivity index (χ3v) is 7.38. The van der Waals surface area contributed by atoms with Gasteiger partial charge in [-0.15, -0.1) is 0 Å². The molecule has 0 bridgehead atoms. The van der Waals surface area contributed by atoms with Gasteiger partial charge in [0.1, 0.15) is 12.2 Å². The number of rotatable bonds is 4. The van der Waals surface area contributed by atoms with Gasteiger partial charge in [0, 0.05) is 18.3 Å². The molecule has 0 radical (unpaired) electrons. The van der Waals surface area contributed by atoms with Crippen LogP contribution in [-0.2, 0) is 22.3 Å². The Morgan fingerprint density at radius 3 is 2.38 bits per heavy atom. The number of hydrogen-bond donors (Lipinski definition) is 1. The van der Waals surface area contributed by atoms with Gasteiger partial charge in [0.2, 0.25) is 0 Å². The van der Waals surface area contributed by atoms with Gasteiger partial charge in [-0.2, -0.15) is 13.2 Å². The Morgan fingerprint density at radius 2 is 1.76 bits per heavy atom. The van der Waals surface area contributed by atoms with Crippen LogP contribution >= 0.6 is 0 Å². The molecule has 3 heterocycles. The molecule has 1 amide bonds. The molecule has 1 atom stereocenters. The number of fused-ring (bicyclic) bond motifs is 1. The summed E-state index contributed by atoms with van der Waals surface area (Å²) in [5.41, 5.74) is -3.63. The highest BCUT2D eigenvalue weighted by Crippen LogP contribution is 2.38. The second-order valence-electron chi connectivity index (χ2n) is 9.39. The van der Waals surface area contributed by atoms with Crippen LogP contribution in [0.15, 0.2) is 34.0 Å². The molecular weight excluding hydrogens is 499 g/mol. The maximum absolute atomic E-state index is 13.6. The van der Waals surface area contributed by atoms with E-state index in [1.807, 2.05) is 0 Å².